The standard InChI is InChI=1S/C12H10N2O3/c1-8-3-2-4-9(7-8)17-11-10(12(15)16)5-6-13-14-11/h2-7H,1H3,(H,15,16). The maximum absolute atomic E-state index is 10.9. The second-order valence-corrected chi connectivity index (χ2v) is 3.47. The van der Waals surface area contributed by atoms with Gasteiger partial charge in [0.15, 0.2) is 0 Å². The van der Waals surface area contributed by atoms with Crippen LogP contribution < -0.4 is 4.74 Å². The van der Waals surface area contributed by atoms with Gasteiger partial charge in [0.25, 0.3) is 5.88 Å². The predicted octanol–water partition coefficient (Wildman–Crippen LogP) is 2.28. The zero-order valence-electron chi connectivity index (χ0n) is 9.12. The van der Waals surface area contributed by atoms with E-state index in [1.807, 2.05) is 19.1 Å². The number of hydrogen-bond acceptors (Lipinski definition) is 4. The first-order valence-electron chi connectivity index (χ1n) is 4.96. The molecule has 0 amide bonds. The molecule has 2 rings (SSSR count). The van der Waals surface area contributed by atoms with Crippen LogP contribution >= 0.6 is 0 Å². The molecule has 0 bridgehead atoms. The highest BCUT2D eigenvalue weighted by Gasteiger charge is 2.13. The molecule has 0 aliphatic heterocycles. The first kappa shape index (κ1) is 11.1. The van der Waals surface area contributed by atoms with Crippen molar-refractivity contribution in [3.8, 4) is 11.6 Å². The van der Waals surface area contributed by atoms with Gasteiger partial charge in [-0.1, -0.05) is 12.1 Å². The van der Waals surface area contributed by atoms with Crippen LogP contribution in [0.4, 0.5) is 0 Å². The number of benzene rings is 1. The summed E-state index contributed by atoms with van der Waals surface area (Å²) in [5, 5.41) is 16.2. The summed E-state index contributed by atoms with van der Waals surface area (Å²) in [5.74, 6) is -0.568. The second-order valence-electron chi connectivity index (χ2n) is 3.47. The number of aromatic nitrogens is 2. The molecule has 0 atom stereocenters. The molecule has 17 heavy (non-hydrogen) atoms. The van der Waals surface area contributed by atoms with E-state index in [-0.39, 0.29) is 11.4 Å². The van der Waals surface area contributed by atoms with Crippen LogP contribution in [-0.4, -0.2) is 21.3 Å². The smallest absolute Gasteiger partial charge is 0.341 e. The minimum Gasteiger partial charge on any atom is -0.477 e. The third-order valence-corrected chi connectivity index (χ3v) is 2.12. The molecule has 5 heteroatoms. The monoisotopic (exact) mass is 230 g/mol. The predicted molar refractivity (Wildman–Crippen MR) is 60.2 cm³/mol. The lowest BCUT2D eigenvalue weighted by molar-refractivity contribution is 0.0693. The minimum absolute atomic E-state index is 0.00870. The van der Waals surface area contributed by atoms with Gasteiger partial charge in [-0.15, -0.1) is 5.10 Å². The first-order chi connectivity index (χ1) is 8.16. The van der Waals surface area contributed by atoms with Crippen molar-refractivity contribution in [1.29, 1.82) is 0 Å². The summed E-state index contributed by atoms with van der Waals surface area (Å²) in [6.45, 7) is 1.92. The Bertz CT molecular complexity index is 555. The molecule has 2 aromatic rings. The van der Waals surface area contributed by atoms with Crippen LogP contribution in [0.15, 0.2) is 36.5 Å². The number of hydrogen-bond donors (Lipinski definition) is 1. The van der Waals surface area contributed by atoms with E-state index >= 15 is 0 Å². The molecule has 1 heterocycles. The normalized spacial score (nSPS) is 9.94. The third-order valence-electron chi connectivity index (χ3n) is 2.12. The van der Waals surface area contributed by atoms with E-state index in [0.717, 1.165) is 5.56 Å². The maximum atomic E-state index is 10.9. The minimum atomic E-state index is -1.09. The topological polar surface area (TPSA) is 72.3 Å². The number of carboxylic acid groups (broad SMARTS) is 1. The van der Waals surface area contributed by atoms with Gasteiger partial charge in [0.2, 0.25) is 0 Å². The summed E-state index contributed by atoms with van der Waals surface area (Å²) in [6, 6.07) is 8.61. The highest BCUT2D eigenvalue weighted by Crippen LogP contribution is 2.22. The fourth-order valence-electron chi connectivity index (χ4n) is 1.35. The molecule has 1 aromatic carbocycles. The van der Waals surface area contributed by atoms with Gasteiger partial charge in [-0.3, -0.25) is 0 Å². The van der Waals surface area contributed by atoms with E-state index in [1.54, 1.807) is 12.1 Å². The molecule has 0 aliphatic rings. The molecule has 0 saturated carbocycles. The van der Waals surface area contributed by atoms with E-state index in [0.29, 0.717) is 5.75 Å². The zero-order chi connectivity index (χ0) is 12.3. The lowest BCUT2D eigenvalue weighted by Crippen LogP contribution is -2.02. The average Bonchev–Trinajstić information content (AvgIpc) is 2.29. The fraction of sp³-hybridized carbons (Fsp3) is 0.0833. The number of rotatable bonds is 3. The Morgan fingerprint density at radius 1 is 1.35 bits per heavy atom. The van der Waals surface area contributed by atoms with Gasteiger partial charge in [-0.05, 0) is 30.7 Å². The van der Waals surface area contributed by atoms with Crippen LogP contribution in [0.2, 0.25) is 0 Å². The summed E-state index contributed by atoms with van der Waals surface area (Å²) < 4.78 is 5.40. The molecule has 0 unspecified atom stereocenters. The molecule has 0 fully saturated rings. The van der Waals surface area contributed by atoms with E-state index < -0.39 is 5.97 Å². The number of nitrogens with zero attached hydrogens (tertiary/aromatic N) is 2. The molecule has 1 N–H and O–H groups in total. The van der Waals surface area contributed by atoms with Gasteiger partial charge in [-0.2, -0.15) is 5.10 Å². The van der Waals surface area contributed by atoms with Crippen LogP contribution in [-0.2, 0) is 0 Å². The van der Waals surface area contributed by atoms with Crippen molar-refractivity contribution in [1.82, 2.24) is 10.2 Å². The number of carbonyl (C=O) groups is 1. The SMILES string of the molecule is Cc1cccc(Oc2nnccc2C(=O)O)c1. The van der Waals surface area contributed by atoms with Crippen molar-refractivity contribution in [2.45, 2.75) is 6.92 Å². The second kappa shape index (κ2) is 4.61. The third kappa shape index (κ3) is 2.57. The molecule has 1 aromatic heterocycles. The first-order valence-corrected chi connectivity index (χ1v) is 4.96. The zero-order valence-corrected chi connectivity index (χ0v) is 9.12. The Kier molecular flexibility index (Phi) is 3.00. The molecule has 86 valence electrons. The fourth-order valence-corrected chi connectivity index (χ4v) is 1.35. The number of aryl methyl sites for hydroxylation is 1. The lowest BCUT2D eigenvalue weighted by atomic mass is 10.2. The van der Waals surface area contributed by atoms with E-state index in [1.165, 1.54) is 12.3 Å². The summed E-state index contributed by atoms with van der Waals surface area (Å²) in [4.78, 5) is 10.9. The van der Waals surface area contributed by atoms with E-state index in [2.05, 4.69) is 10.2 Å². The van der Waals surface area contributed by atoms with Crippen LogP contribution in [0.25, 0.3) is 0 Å². The van der Waals surface area contributed by atoms with Crippen molar-refractivity contribution in [2.24, 2.45) is 0 Å². The number of aromatic carboxylic acids is 1. The van der Waals surface area contributed by atoms with Crippen molar-refractivity contribution >= 4 is 5.97 Å². The van der Waals surface area contributed by atoms with Gasteiger partial charge < -0.3 is 9.84 Å². The summed E-state index contributed by atoms with van der Waals surface area (Å²) in [6.07, 6.45) is 1.31. The molecule has 5 nitrogen and oxygen atoms in total. The van der Waals surface area contributed by atoms with Crippen LogP contribution in [0.5, 0.6) is 11.6 Å². The summed E-state index contributed by atoms with van der Waals surface area (Å²) in [7, 11) is 0. The van der Waals surface area contributed by atoms with Gasteiger partial charge >= 0.3 is 5.97 Å². The van der Waals surface area contributed by atoms with Gasteiger partial charge in [0, 0.05) is 0 Å². The Morgan fingerprint density at radius 3 is 2.88 bits per heavy atom. The lowest BCUT2D eigenvalue weighted by Gasteiger charge is -2.06. The van der Waals surface area contributed by atoms with Gasteiger partial charge in [-0.25, -0.2) is 4.79 Å². The van der Waals surface area contributed by atoms with Crippen molar-refractivity contribution < 1.29 is 14.6 Å². The Morgan fingerprint density at radius 2 is 2.18 bits per heavy atom. The largest absolute Gasteiger partial charge is 0.477 e. The van der Waals surface area contributed by atoms with Crippen molar-refractivity contribution in [3.63, 3.8) is 0 Å². The molecule has 0 saturated heterocycles. The number of carboxylic acids is 1. The van der Waals surface area contributed by atoms with Crippen molar-refractivity contribution in [3.05, 3.63) is 47.7 Å². The highest BCUT2D eigenvalue weighted by atomic mass is 16.5. The quantitative estimate of drug-likeness (QED) is 0.875. The van der Waals surface area contributed by atoms with Gasteiger partial charge in [0.05, 0.1) is 6.20 Å². The average molecular weight is 230 g/mol. The summed E-state index contributed by atoms with van der Waals surface area (Å²) in [5.41, 5.74) is 1.00. The molecule has 0 spiro atoms. The molecular weight excluding hydrogens is 220 g/mol. The molecule has 0 aliphatic carbocycles. The van der Waals surface area contributed by atoms with E-state index in [4.69, 9.17) is 9.84 Å². The van der Waals surface area contributed by atoms with Crippen LogP contribution in [0.3, 0.4) is 0 Å². The Hall–Kier alpha value is -2.43. The van der Waals surface area contributed by atoms with Gasteiger partial charge in [0.1, 0.15) is 11.3 Å². The Labute approximate surface area is 97.7 Å². The van der Waals surface area contributed by atoms with Crippen molar-refractivity contribution in [2.75, 3.05) is 0 Å². The highest BCUT2D eigenvalue weighted by molar-refractivity contribution is 5.90. The van der Waals surface area contributed by atoms with Crippen LogP contribution in [0, 0.1) is 6.92 Å². The molecule has 0 radical (unpaired) electrons. The maximum Gasteiger partial charge on any atom is 0.341 e. The summed E-state index contributed by atoms with van der Waals surface area (Å²) >= 11 is 0. The van der Waals surface area contributed by atoms with E-state index in [9.17, 15) is 4.79 Å². The molecular formula is C12H10N2O3. The Balaban J connectivity index is 2.33. The number of ether oxygens (including phenoxy) is 1. The van der Waals surface area contributed by atoms with Crippen LogP contribution in [0.1, 0.15) is 15.9 Å².